The van der Waals surface area contributed by atoms with Crippen LogP contribution in [0.1, 0.15) is 36.5 Å². The normalized spacial score (nSPS) is 11.8. The Morgan fingerprint density at radius 2 is 1.81 bits per heavy atom. The first kappa shape index (κ1) is 17.6. The summed E-state index contributed by atoms with van der Waals surface area (Å²) in [6.45, 7) is 2.77. The molecule has 0 fully saturated rings. The van der Waals surface area contributed by atoms with E-state index in [2.05, 4.69) is 12.2 Å². The van der Waals surface area contributed by atoms with Crippen LogP contribution in [0.25, 0.3) is 0 Å². The molecule has 0 aliphatic carbocycles. The number of methoxy groups -OCH3 is 2. The zero-order valence-corrected chi connectivity index (χ0v) is 13.7. The molecule has 0 aliphatic heterocycles. The van der Waals surface area contributed by atoms with Crippen LogP contribution in [0.5, 0.6) is 11.5 Å². The van der Waals surface area contributed by atoms with Crippen LogP contribution in [-0.2, 0) is 0 Å². The monoisotopic (exact) mass is 313 g/mol. The molecule has 0 saturated heterocycles. The molecule has 1 atom stereocenters. The summed E-state index contributed by atoms with van der Waals surface area (Å²) < 4.78 is 10.3. The molecule has 21 heavy (non-hydrogen) atoms. The van der Waals surface area contributed by atoms with Gasteiger partial charge in [0.05, 0.1) is 14.2 Å². The van der Waals surface area contributed by atoms with E-state index in [9.17, 15) is 4.79 Å². The molecule has 4 nitrogen and oxygen atoms in total. The van der Waals surface area contributed by atoms with Crippen molar-refractivity contribution in [2.75, 3.05) is 26.6 Å². The van der Waals surface area contributed by atoms with Gasteiger partial charge in [-0.25, -0.2) is 0 Å². The molecule has 1 aromatic carbocycles. The van der Waals surface area contributed by atoms with Crippen LogP contribution in [0.3, 0.4) is 0 Å². The van der Waals surface area contributed by atoms with Crippen LogP contribution in [0.15, 0.2) is 18.2 Å². The Morgan fingerprint density at radius 1 is 1.19 bits per heavy atom. The van der Waals surface area contributed by atoms with Gasteiger partial charge in [0.2, 0.25) is 0 Å². The first-order valence-corrected chi connectivity index (χ1v) is 7.75. The first-order valence-electron chi connectivity index (χ1n) is 7.21. The number of alkyl halides is 1. The quantitative estimate of drug-likeness (QED) is 0.710. The number of halogens is 1. The average Bonchev–Trinajstić information content (AvgIpc) is 2.52. The largest absolute Gasteiger partial charge is 0.497 e. The standard InChI is InChI=1S/C16H24ClNO3/c1-4-5-12(6-7-17)11-18-16(19)13-8-14(20-2)10-15(9-13)21-3/h8-10,12H,4-7,11H2,1-3H3,(H,18,19). The Labute approximate surface area is 131 Å². The second-order valence-corrected chi connectivity index (χ2v) is 5.32. The van der Waals surface area contributed by atoms with Gasteiger partial charge in [-0.3, -0.25) is 4.79 Å². The molecule has 1 rings (SSSR count). The van der Waals surface area contributed by atoms with Crippen LogP contribution in [0, 0.1) is 5.92 Å². The molecule has 0 aromatic heterocycles. The third-order valence-corrected chi connectivity index (χ3v) is 3.60. The molecule has 0 heterocycles. The number of rotatable bonds is 9. The predicted molar refractivity (Wildman–Crippen MR) is 85.6 cm³/mol. The molecule has 0 spiro atoms. The Kier molecular flexibility index (Phi) is 7.98. The van der Waals surface area contributed by atoms with Gasteiger partial charge in [0.25, 0.3) is 5.91 Å². The zero-order valence-electron chi connectivity index (χ0n) is 12.9. The maximum Gasteiger partial charge on any atom is 0.251 e. The van der Waals surface area contributed by atoms with E-state index in [-0.39, 0.29) is 5.91 Å². The number of nitrogens with one attached hydrogen (secondary N) is 1. The molecular formula is C16H24ClNO3. The summed E-state index contributed by atoms with van der Waals surface area (Å²) in [6.07, 6.45) is 3.07. The highest BCUT2D eigenvalue weighted by Gasteiger charge is 2.12. The zero-order chi connectivity index (χ0) is 15.7. The Morgan fingerprint density at radius 3 is 2.29 bits per heavy atom. The minimum atomic E-state index is -0.122. The topological polar surface area (TPSA) is 47.6 Å². The fraction of sp³-hybridized carbons (Fsp3) is 0.562. The molecule has 0 aliphatic rings. The molecule has 0 bridgehead atoms. The molecule has 1 N–H and O–H groups in total. The summed E-state index contributed by atoms with van der Waals surface area (Å²) >= 11 is 5.80. The summed E-state index contributed by atoms with van der Waals surface area (Å²) in [5.74, 6) is 2.12. The van der Waals surface area contributed by atoms with Gasteiger partial charge in [0.15, 0.2) is 0 Å². The minimum Gasteiger partial charge on any atom is -0.497 e. The highest BCUT2D eigenvalue weighted by Crippen LogP contribution is 2.22. The van der Waals surface area contributed by atoms with E-state index in [0.717, 1.165) is 19.3 Å². The summed E-state index contributed by atoms with van der Waals surface area (Å²) in [6, 6.07) is 5.15. The number of hydrogen-bond donors (Lipinski definition) is 1. The lowest BCUT2D eigenvalue weighted by Gasteiger charge is -2.16. The van der Waals surface area contributed by atoms with Crippen molar-refractivity contribution >= 4 is 17.5 Å². The van der Waals surface area contributed by atoms with E-state index in [1.165, 1.54) is 0 Å². The molecule has 1 amide bonds. The Balaban J connectivity index is 2.70. The van der Waals surface area contributed by atoms with Crippen molar-refractivity contribution in [1.29, 1.82) is 0 Å². The lowest BCUT2D eigenvalue weighted by Crippen LogP contribution is -2.29. The van der Waals surface area contributed by atoms with E-state index < -0.39 is 0 Å². The number of amides is 1. The van der Waals surface area contributed by atoms with Crippen molar-refractivity contribution in [2.45, 2.75) is 26.2 Å². The van der Waals surface area contributed by atoms with Gasteiger partial charge in [-0.05, 0) is 30.9 Å². The van der Waals surface area contributed by atoms with E-state index in [4.69, 9.17) is 21.1 Å². The lowest BCUT2D eigenvalue weighted by atomic mass is 10.0. The molecule has 1 aromatic rings. The first-order chi connectivity index (χ1) is 10.1. The van der Waals surface area contributed by atoms with Gasteiger partial charge < -0.3 is 14.8 Å². The van der Waals surface area contributed by atoms with Crippen molar-refractivity contribution in [1.82, 2.24) is 5.32 Å². The van der Waals surface area contributed by atoms with E-state index in [0.29, 0.717) is 35.4 Å². The van der Waals surface area contributed by atoms with Crippen LogP contribution in [0.4, 0.5) is 0 Å². The fourth-order valence-electron chi connectivity index (χ4n) is 2.19. The molecule has 0 radical (unpaired) electrons. The summed E-state index contributed by atoms with van der Waals surface area (Å²) in [5.41, 5.74) is 0.535. The van der Waals surface area contributed by atoms with Gasteiger partial charge in [-0.1, -0.05) is 13.3 Å². The van der Waals surface area contributed by atoms with Crippen molar-refractivity contribution in [3.63, 3.8) is 0 Å². The third kappa shape index (κ3) is 5.84. The molecule has 0 saturated carbocycles. The van der Waals surface area contributed by atoms with Crippen molar-refractivity contribution in [2.24, 2.45) is 5.92 Å². The SMILES string of the molecule is CCCC(CCCl)CNC(=O)c1cc(OC)cc(OC)c1. The lowest BCUT2D eigenvalue weighted by molar-refractivity contribution is 0.0945. The van der Waals surface area contributed by atoms with Crippen LogP contribution < -0.4 is 14.8 Å². The minimum absolute atomic E-state index is 0.122. The van der Waals surface area contributed by atoms with Crippen LogP contribution >= 0.6 is 11.6 Å². The van der Waals surface area contributed by atoms with Gasteiger partial charge in [0, 0.05) is 24.1 Å². The Hall–Kier alpha value is -1.42. The van der Waals surface area contributed by atoms with Crippen molar-refractivity contribution in [3.05, 3.63) is 23.8 Å². The van der Waals surface area contributed by atoms with Crippen LogP contribution in [0.2, 0.25) is 0 Å². The molecular weight excluding hydrogens is 290 g/mol. The van der Waals surface area contributed by atoms with Gasteiger partial charge in [-0.2, -0.15) is 0 Å². The second kappa shape index (κ2) is 9.50. The number of hydrogen-bond acceptors (Lipinski definition) is 3. The van der Waals surface area contributed by atoms with Crippen molar-refractivity contribution in [3.8, 4) is 11.5 Å². The smallest absolute Gasteiger partial charge is 0.251 e. The van der Waals surface area contributed by atoms with E-state index in [1.54, 1.807) is 32.4 Å². The highest BCUT2D eigenvalue weighted by atomic mass is 35.5. The number of carbonyl (C=O) groups excluding carboxylic acids is 1. The maximum atomic E-state index is 12.2. The summed E-state index contributed by atoms with van der Waals surface area (Å²) in [7, 11) is 3.13. The predicted octanol–water partition coefficient (Wildman–Crippen LogP) is 3.48. The van der Waals surface area contributed by atoms with Crippen LogP contribution in [-0.4, -0.2) is 32.6 Å². The molecule has 118 valence electrons. The summed E-state index contributed by atoms with van der Waals surface area (Å²) in [5, 5.41) is 2.96. The molecule has 1 unspecified atom stereocenters. The van der Waals surface area contributed by atoms with Gasteiger partial charge >= 0.3 is 0 Å². The number of ether oxygens (including phenoxy) is 2. The third-order valence-electron chi connectivity index (χ3n) is 3.38. The van der Waals surface area contributed by atoms with Crippen molar-refractivity contribution < 1.29 is 14.3 Å². The van der Waals surface area contributed by atoms with E-state index >= 15 is 0 Å². The van der Waals surface area contributed by atoms with Gasteiger partial charge in [0.1, 0.15) is 11.5 Å². The number of benzene rings is 1. The molecule has 5 heteroatoms. The second-order valence-electron chi connectivity index (χ2n) is 4.94. The highest BCUT2D eigenvalue weighted by molar-refractivity contribution is 6.17. The number of carbonyl (C=O) groups is 1. The van der Waals surface area contributed by atoms with E-state index in [1.807, 2.05) is 0 Å². The Bertz CT molecular complexity index is 423. The van der Waals surface area contributed by atoms with Gasteiger partial charge in [-0.15, -0.1) is 11.6 Å². The fourth-order valence-corrected chi connectivity index (χ4v) is 2.50. The average molecular weight is 314 g/mol. The maximum absolute atomic E-state index is 12.2. The summed E-state index contributed by atoms with van der Waals surface area (Å²) in [4.78, 5) is 12.2.